The molecule has 0 fully saturated rings. The molecule has 0 aliphatic carbocycles. The monoisotopic (exact) mass is 312 g/mol. The standard InChI is InChI=1S/C17H25FO4/c1-17(2,3)22-16(20)7-5-4-6-10-21-15-11-14(18)9-8-13(15)12-19/h8-9,11,19H,4-7,10,12H2,1-3H3. The minimum atomic E-state index is -0.446. The maximum Gasteiger partial charge on any atom is 0.306 e. The highest BCUT2D eigenvalue weighted by molar-refractivity contribution is 5.69. The van der Waals surface area contributed by atoms with Gasteiger partial charge in [0, 0.05) is 18.1 Å². The Bertz CT molecular complexity index is 480. The number of esters is 1. The van der Waals surface area contributed by atoms with E-state index in [0.29, 0.717) is 24.3 Å². The van der Waals surface area contributed by atoms with E-state index in [1.54, 1.807) is 0 Å². The summed E-state index contributed by atoms with van der Waals surface area (Å²) >= 11 is 0. The molecule has 0 aliphatic rings. The molecule has 1 aromatic rings. The van der Waals surface area contributed by atoms with Crippen LogP contribution in [0.3, 0.4) is 0 Å². The molecule has 1 rings (SSSR count). The lowest BCUT2D eigenvalue weighted by Crippen LogP contribution is -2.23. The zero-order valence-corrected chi connectivity index (χ0v) is 13.5. The fraction of sp³-hybridized carbons (Fsp3) is 0.588. The third kappa shape index (κ3) is 7.41. The molecule has 0 radical (unpaired) electrons. The SMILES string of the molecule is CC(C)(C)OC(=O)CCCCCOc1cc(F)ccc1CO. The molecule has 4 nitrogen and oxygen atoms in total. The second-order valence-electron chi connectivity index (χ2n) is 6.16. The lowest BCUT2D eigenvalue weighted by atomic mass is 10.1. The zero-order valence-electron chi connectivity index (χ0n) is 13.5. The molecule has 0 atom stereocenters. The summed E-state index contributed by atoms with van der Waals surface area (Å²) in [7, 11) is 0. The number of carbonyl (C=O) groups is 1. The molecule has 124 valence electrons. The molecule has 1 N–H and O–H groups in total. The summed E-state index contributed by atoms with van der Waals surface area (Å²) in [4.78, 5) is 11.5. The maximum absolute atomic E-state index is 13.1. The van der Waals surface area contributed by atoms with Crippen molar-refractivity contribution in [3.05, 3.63) is 29.6 Å². The Morgan fingerprint density at radius 3 is 2.59 bits per heavy atom. The summed E-state index contributed by atoms with van der Waals surface area (Å²) in [6.45, 7) is 5.77. The van der Waals surface area contributed by atoms with Gasteiger partial charge in [-0.3, -0.25) is 4.79 Å². The predicted octanol–water partition coefficient (Wildman–Crippen LogP) is 3.60. The highest BCUT2D eigenvalue weighted by atomic mass is 19.1. The van der Waals surface area contributed by atoms with Crippen LogP contribution < -0.4 is 4.74 Å². The lowest BCUT2D eigenvalue weighted by molar-refractivity contribution is -0.154. The molecule has 0 unspecified atom stereocenters. The van der Waals surface area contributed by atoms with Crippen molar-refractivity contribution in [1.82, 2.24) is 0 Å². The van der Waals surface area contributed by atoms with Gasteiger partial charge in [-0.2, -0.15) is 0 Å². The van der Waals surface area contributed by atoms with E-state index in [-0.39, 0.29) is 12.6 Å². The van der Waals surface area contributed by atoms with Gasteiger partial charge in [0.2, 0.25) is 0 Å². The Kier molecular flexibility index (Phi) is 7.32. The third-order valence-corrected chi connectivity index (χ3v) is 2.90. The molecule has 0 saturated carbocycles. The summed E-state index contributed by atoms with van der Waals surface area (Å²) in [5.41, 5.74) is 0.119. The van der Waals surface area contributed by atoms with Gasteiger partial charge >= 0.3 is 5.97 Å². The van der Waals surface area contributed by atoms with E-state index in [1.165, 1.54) is 18.2 Å². The average Bonchev–Trinajstić information content (AvgIpc) is 2.41. The Hall–Kier alpha value is -1.62. The van der Waals surface area contributed by atoms with Crippen molar-refractivity contribution >= 4 is 5.97 Å². The van der Waals surface area contributed by atoms with Crippen molar-refractivity contribution < 1.29 is 23.8 Å². The molecule has 1 aromatic carbocycles. The highest BCUT2D eigenvalue weighted by Gasteiger charge is 2.15. The van der Waals surface area contributed by atoms with Crippen LogP contribution in [0.4, 0.5) is 4.39 Å². The zero-order chi connectivity index (χ0) is 16.6. The number of carbonyl (C=O) groups excluding carboxylic acids is 1. The number of ether oxygens (including phenoxy) is 2. The number of aliphatic hydroxyl groups is 1. The first kappa shape index (κ1) is 18.4. The third-order valence-electron chi connectivity index (χ3n) is 2.90. The minimum absolute atomic E-state index is 0.186. The number of unbranched alkanes of at least 4 members (excludes halogenated alkanes) is 2. The molecule has 0 aliphatic heterocycles. The number of halogens is 1. The summed E-state index contributed by atoms with van der Waals surface area (Å²) in [5, 5.41) is 9.15. The normalized spacial score (nSPS) is 11.3. The van der Waals surface area contributed by atoms with Crippen LogP contribution in [0.2, 0.25) is 0 Å². The van der Waals surface area contributed by atoms with Crippen LogP contribution in [0.5, 0.6) is 5.75 Å². The van der Waals surface area contributed by atoms with Gasteiger partial charge in [-0.05, 0) is 46.1 Å². The Morgan fingerprint density at radius 2 is 1.95 bits per heavy atom. The van der Waals surface area contributed by atoms with E-state index in [2.05, 4.69) is 0 Å². The van der Waals surface area contributed by atoms with Crippen molar-refractivity contribution in [2.45, 2.75) is 58.7 Å². The quantitative estimate of drug-likeness (QED) is 0.588. The summed E-state index contributed by atoms with van der Waals surface area (Å²) in [5.74, 6) is -0.215. The Balaban J connectivity index is 2.21. The van der Waals surface area contributed by atoms with E-state index in [4.69, 9.17) is 14.6 Å². The number of aliphatic hydroxyl groups excluding tert-OH is 1. The van der Waals surface area contributed by atoms with Gasteiger partial charge in [-0.25, -0.2) is 4.39 Å². The van der Waals surface area contributed by atoms with Crippen molar-refractivity contribution in [2.75, 3.05) is 6.61 Å². The van der Waals surface area contributed by atoms with Gasteiger partial charge < -0.3 is 14.6 Å². The second-order valence-corrected chi connectivity index (χ2v) is 6.16. The summed E-state index contributed by atoms with van der Waals surface area (Å²) < 4.78 is 23.8. The first-order valence-electron chi connectivity index (χ1n) is 7.56. The predicted molar refractivity (Wildman–Crippen MR) is 82.1 cm³/mol. The van der Waals surface area contributed by atoms with Crippen LogP contribution >= 0.6 is 0 Å². The van der Waals surface area contributed by atoms with Gasteiger partial charge in [0.1, 0.15) is 17.2 Å². The van der Waals surface area contributed by atoms with E-state index >= 15 is 0 Å². The number of hydrogen-bond acceptors (Lipinski definition) is 4. The molecular weight excluding hydrogens is 287 g/mol. The molecule has 22 heavy (non-hydrogen) atoms. The van der Waals surface area contributed by atoms with Gasteiger partial charge in [0.15, 0.2) is 0 Å². The van der Waals surface area contributed by atoms with Crippen molar-refractivity contribution in [3.63, 3.8) is 0 Å². The Morgan fingerprint density at radius 1 is 1.23 bits per heavy atom. The molecule has 0 amide bonds. The van der Waals surface area contributed by atoms with Gasteiger partial charge in [-0.1, -0.05) is 6.07 Å². The van der Waals surface area contributed by atoms with Crippen molar-refractivity contribution in [2.24, 2.45) is 0 Å². The first-order chi connectivity index (χ1) is 10.3. The van der Waals surface area contributed by atoms with Gasteiger partial charge in [0.05, 0.1) is 13.2 Å². The smallest absolute Gasteiger partial charge is 0.306 e. The molecule has 5 heteroatoms. The molecule has 0 spiro atoms. The van der Waals surface area contributed by atoms with Gasteiger partial charge in [-0.15, -0.1) is 0 Å². The van der Waals surface area contributed by atoms with E-state index < -0.39 is 11.4 Å². The van der Waals surface area contributed by atoms with E-state index in [9.17, 15) is 9.18 Å². The maximum atomic E-state index is 13.1. The van der Waals surface area contributed by atoms with E-state index in [1.807, 2.05) is 20.8 Å². The fourth-order valence-corrected chi connectivity index (χ4v) is 1.92. The van der Waals surface area contributed by atoms with Crippen LogP contribution in [-0.2, 0) is 16.1 Å². The molecular formula is C17H25FO4. The largest absolute Gasteiger partial charge is 0.493 e. The molecule has 0 saturated heterocycles. The van der Waals surface area contributed by atoms with Crippen molar-refractivity contribution in [3.8, 4) is 5.75 Å². The molecule has 0 heterocycles. The second kappa shape index (κ2) is 8.73. The van der Waals surface area contributed by atoms with Crippen LogP contribution in [-0.4, -0.2) is 23.3 Å². The number of rotatable bonds is 8. The summed E-state index contributed by atoms with van der Waals surface area (Å²) in [6.07, 6.45) is 2.70. The topological polar surface area (TPSA) is 55.8 Å². The molecule has 0 aromatic heterocycles. The number of hydrogen-bond donors (Lipinski definition) is 1. The lowest BCUT2D eigenvalue weighted by Gasteiger charge is -2.19. The van der Waals surface area contributed by atoms with E-state index in [0.717, 1.165) is 19.3 Å². The first-order valence-corrected chi connectivity index (χ1v) is 7.56. The number of benzene rings is 1. The molecule has 0 bridgehead atoms. The van der Waals surface area contributed by atoms with Crippen molar-refractivity contribution in [1.29, 1.82) is 0 Å². The van der Waals surface area contributed by atoms with Gasteiger partial charge in [0.25, 0.3) is 0 Å². The van der Waals surface area contributed by atoms with Crippen LogP contribution in [0.1, 0.15) is 52.0 Å². The summed E-state index contributed by atoms with van der Waals surface area (Å²) in [6, 6.07) is 4.07. The van der Waals surface area contributed by atoms with Crippen LogP contribution in [0.25, 0.3) is 0 Å². The van der Waals surface area contributed by atoms with Crippen LogP contribution in [0.15, 0.2) is 18.2 Å². The minimum Gasteiger partial charge on any atom is -0.493 e. The fourth-order valence-electron chi connectivity index (χ4n) is 1.92. The highest BCUT2D eigenvalue weighted by Crippen LogP contribution is 2.20. The van der Waals surface area contributed by atoms with Crippen LogP contribution in [0, 0.1) is 5.82 Å². The average molecular weight is 312 g/mol. The Labute approximate surface area is 131 Å².